The van der Waals surface area contributed by atoms with Gasteiger partial charge >= 0.3 is 6.18 Å². The fourth-order valence-corrected chi connectivity index (χ4v) is 1.58. The van der Waals surface area contributed by atoms with E-state index in [1.165, 1.54) is 7.11 Å². The molecule has 1 aromatic heterocycles. The van der Waals surface area contributed by atoms with E-state index in [4.69, 9.17) is 21.4 Å². The van der Waals surface area contributed by atoms with Gasteiger partial charge in [-0.2, -0.15) is 13.2 Å². The second-order valence-electron chi connectivity index (χ2n) is 3.71. The van der Waals surface area contributed by atoms with E-state index in [1.807, 2.05) is 0 Å². The highest BCUT2D eigenvalue weighted by molar-refractivity contribution is 6.28. The van der Waals surface area contributed by atoms with Crippen LogP contribution in [0.3, 0.4) is 0 Å². The summed E-state index contributed by atoms with van der Waals surface area (Å²) in [5, 5.41) is 11.1. The molecule has 0 aromatic carbocycles. The fraction of sp³-hybridized carbons (Fsp3) is 0.600. The number of hydrogen-bond donors (Lipinski definition) is 2. The van der Waals surface area contributed by atoms with Crippen molar-refractivity contribution in [1.29, 1.82) is 0 Å². The molecule has 0 aliphatic rings. The van der Waals surface area contributed by atoms with Crippen LogP contribution in [0, 0.1) is 0 Å². The molecule has 0 aliphatic heterocycles. The van der Waals surface area contributed by atoms with E-state index >= 15 is 0 Å². The minimum Gasteiger partial charge on any atom is -0.396 e. The Morgan fingerprint density at radius 3 is 2.68 bits per heavy atom. The molecule has 2 N–H and O–H groups in total. The van der Waals surface area contributed by atoms with Crippen molar-refractivity contribution >= 4 is 17.4 Å². The Morgan fingerprint density at radius 1 is 1.47 bits per heavy atom. The SMILES string of the molecule is COCC(CCO)Nc1cc(C(F)(F)F)nc(Cl)n1. The summed E-state index contributed by atoms with van der Waals surface area (Å²) in [5.41, 5.74) is -1.13. The third kappa shape index (κ3) is 5.17. The van der Waals surface area contributed by atoms with Gasteiger partial charge in [0.15, 0.2) is 5.69 Å². The summed E-state index contributed by atoms with van der Waals surface area (Å²) in [5.74, 6) is -0.0668. The number of methoxy groups -OCH3 is 1. The Balaban J connectivity index is 2.90. The molecular formula is C10H13ClF3N3O2. The highest BCUT2D eigenvalue weighted by atomic mass is 35.5. The minimum absolute atomic E-state index is 0.0668. The van der Waals surface area contributed by atoms with Crippen LogP contribution in [0.25, 0.3) is 0 Å². The van der Waals surface area contributed by atoms with Crippen molar-refractivity contribution in [3.8, 4) is 0 Å². The number of ether oxygens (including phenoxy) is 1. The maximum Gasteiger partial charge on any atom is 0.433 e. The molecule has 0 saturated carbocycles. The second-order valence-corrected chi connectivity index (χ2v) is 4.05. The van der Waals surface area contributed by atoms with Gasteiger partial charge in [-0.25, -0.2) is 9.97 Å². The first-order chi connectivity index (χ1) is 8.86. The van der Waals surface area contributed by atoms with Crippen molar-refractivity contribution in [3.05, 3.63) is 17.0 Å². The molecule has 1 aromatic rings. The van der Waals surface area contributed by atoms with Crippen molar-refractivity contribution in [2.45, 2.75) is 18.6 Å². The van der Waals surface area contributed by atoms with E-state index in [0.717, 1.165) is 6.07 Å². The number of nitrogens with zero attached hydrogens (tertiary/aromatic N) is 2. The van der Waals surface area contributed by atoms with Crippen LogP contribution < -0.4 is 5.32 Å². The molecule has 1 atom stereocenters. The lowest BCUT2D eigenvalue weighted by atomic mass is 10.2. The van der Waals surface area contributed by atoms with Gasteiger partial charge in [0.1, 0.15) is 5.82 Å². The lowest BCUT2D eigenvalue weighted by Crippen LogP contribution is -2.27. The first kappa shape index (κ1) is 15.9. The largest absolute Gasteiger partial charge is 0.433 e. The average molecular weight is 300 g/mol. The molecule has 0 radical (unpaired) electrons. The van der Waals surface area contributed by atoms with E-state index < -0.39 is 17.2 Å². The zero-order valence-corrected chi connectivity index (χ0v) is 10.8. The number of anilines is 1. The van der Waals surface area contributed by atoms with Gasteiger partial charge in [0.2, 0.25) is 5.28 Å². The van der Waals surface area contributed by atoms with E-state index in [1.54, 1.807) is 0 Å². The van der Waals surface area contributed by atoms with Crippen molar-refractivity contribution in [2.75, 3.05) is 25.6 Å². The Morgan fingerprint density at radius 2 is 2.16 bits per heavy atom. The van der Waals surface area contributed by atoms with Crippen molar-refractivity contribution in [3.63, 3.8) is 0 Å². The molecule has 0 saturated heterocycles. The molecule has 1 rings (SSSR count). The molecule has 108 valence electrons. The first-order valence-electron chi connectivity index (χ1n) is 5.35. The van der Waals surface area contributed by atoms with E-state index in [0.29, 0.717) is 6.42 Å². The summed E-state index contributed by atoms with van der Waals surface area (Å²) in [6.45, 7) is 0.0789. The van der Waals surface area contributed by atoms with E-state index in [9.17, 15) is 13.2 Å². The van der Waals surface area contributed by atoms with Gasteiger partial charge < -0.3 is 15.2 Å². The number of aliphatic hydroxyl groups is 1. The Hall–Kier alpha value is -1.12. The standard InChI is InChI=1S/C10H13ClF3N3O2/c1-19-5-6(2-3-18)15-8-4-7(10(12,13)14)16-9(11)17-8/h4,6,18H,2-3,5H2,1H3,(H,15,16,17). The molecule has 0 bridgehead atoms. The van der Waals surface area contributed by atoms with E-state index in [-0.39, 0.29) is 25.1 Å². The molecule has 9 heteroatoms. The molecule has 19 heavy (non-hydrogen) atoms. The molecular weight excluding hydrogens is 287 g/mol. The summed E-state index contributed by atoms with van der Waals surface area (Å²) in [7, 11) is 1.44. The lowest BCUT2D eigenvalue weighted by molar-refractivity contribution is -0.141. The number of halogens is 4. The van der Waals surface area contributed by atoms with Gasteiger partial charge in [0, 0.05) is 19.8 Å². The van der Waals surface area contributed by atoms with Gasteiger partial charge in [-0.3, -0.25) is 0 Å². The minimum atomic E-state index is -4.60. The van der Waals surface area contributed by atoms with Crippen LogP contribution in [0.5, 0.6) is 0 Å². The Labute approximate surface area is 112 Å². The van der Waals surface area contributed by atoms with Crippen molar-refractivity contribution < 1.29 is 23.0 Å². The van der Waals surface area contributed by atoms with Crippen LogP contribution in [0.1, 0.15) is 12.1 Å². The number of hydrogen-bond acceptors (Lipinski definition) is 5. The zero-order chi connectivity index (χ0) is 14.5. The Bertz CT molecular complexity index is 411. The van der Waals surface area contributed by atoms with Crippen LogP contribution >= 0.6 is 11.6 Å². The van der Waals surface area contributed by atoms with Crippen LogP contribution in [0.2, 0.25) is 5.28 Å². The van der Waals surface area contributed by atoms with Gasteiger partial charge in [0.25, 0.3) is 0 Å². The number of aliphatic hydroxyl groups excluding tert-OH is 1. The Kier molecular flexibility index (Phi) is 5.77. The molecule has 5 nitrogen and oxygen atoms in total. The number of nitrogens with one attached hydrogen (secondary N) is 1. The number of rotatable bonds is 6. The van der Waals surface area contributed by atoms with Gasteiger partial charge in [-0.15, -0.1) is 0 Å². The lowest BCUT2D eigenvalue weighted by Gasteiger charge is -2.18. The molecule has 0 aliphatic carbocycles. The van der Waals surface area contributed by atoms with Crippen LogP contribution in [-0.4, -0.2) is 41.4 Å². The van der Waals surface area contributed by atoms with Gasteiger partial charge in [-0.05, 0) is 18.0 Å². The van der Waals surface area contributed by atoms with Crippen LogP contribution in [-0.2, 0) is 10.9 Å². The van der Waals surface area contributed by atoms with Crippen molar-refractivity contribution in [2.24, 2.45) is 0 Å². The quantitative estimate of drug-likeness (QED) is 0.786. The maximum atomic E-state index is 12.5. The maximum absolute atomic E-state index is 12.5. The van der Waals surface area contributed by atoms with Crippen LogP contribution in [0.4, 0.5) is 19.0 Å². The fourth-order valence-electron chi connectivity index (χ4n) is 1.40. The van der Waals surface area contributed by atoms with E-state index in [2.05, 4.69) is 15.3 Å². The predicted octanol–water partition coefficient (Wildman–Crippen LogP) is 1.96. The number of alkyl halides is 3. The predicted molar refractivity (Wildman–Crippen MR) is 63.0 cm³/mol. The topological polar surface area (TPSA) is 67.3 Å². The normalized spacial score (nSPS) is 13.4. The summed E-state index contributed by atoms with van der Waals surface area (Å²) in [6.07, 6.45) is -4.30. The molecule has 1 unspecified atom stereocenters. The summed E-state index contributed by atoms with van der Waals surface area (Å²) >= 11 is 5.45. The molecule has 1 heterocycles. The summed E-state index contributed by atoms with van der Waals surface area (Å²) in [6, 6.07) is 0.383. The number of aromatic nitrogens is 2. The monoisotopic (exact) mass is 299 g/mol. The second kappa shape index (κ2) is 6.88. The average Bonchev–Trinajstić information content (AvgIpc) is 2.27. The smallest absolute Gasteiger partial charge is 0.396 e. The highest BCUT2D eigenvalue weighted by Crippen LogP contribution is 2.29. The van der Waals surface area contributed by atoms with Crippen molar-refractivity contribution in [1.82, 2.24) is 9.97 Å². The first-order valence-corrected chi connectivity index (χ1v) is 5.72. The third-order valence-electron chi connectivity index (χ3n) is 2.19. The van der Waals surface area contributed by atoms with Gasteiger partial charge in [-0.1, -0.05) is 0 Å². The third-order valence-corrected chi connectivity index (χ3v) is 2.36. The molecule has 0 spiro atoms. The molecule has 0 fully saturated rings. The summed E-state index contributed by atoms with van der Waals surface area (Å²) < 4.78 is 42.5. The molecule has 0 amide bonds. The van der Waals surface area contributed by atoms with Crippen LogP contribution in [0.15, 0.2) is 6.07 Å². The highest BCUT2D eigenvalue weighted by Gasteiger charge is 2.33. The summed E-state index contributed by atoms with van der Waals surface area (Å²) in [4.78, 5) is 6.77. The van der Waals surface area contributed by atoms with Gasteiger partial charge in [0.05, 0.1) is 12.6 Å². The zero-order valence-electron chi connectivity index (χ0n) is 10.0.